The number of guanidine groups is 1. The van der Waals surface area contributed by atoms with Gasteiger partial charge in [0.05, 0.1) is 13.1 Å². The van der Waals surface area contributed by atoms with E-state index in [9.17, 15) is 0 Å². The third-order valence-corrected chi connectivity index (χ3v) is 4.85. The Kier molecular flexibility index (Phi) is 9.41. The molecule has 0 aliphatic carbocycles. The third kappa shape index (κ3) is 6.92. The number of nitrogens with one attached hydrogen (secondary N) is 2. The van der Waals surface area contributed by atoms with Gasteiger partial charge in [0.25, 0.3) is 0 Å². The van der Waals surface area contributed by atoms with Crippen molar-refractivity contribution in [2.45, 2.75) is 26.4 Å². The maximum absolute atomic E-state index is 5.73. The van der Waals surface area contributed by atoms with Crippen LogP contribution in [0.1, 0.15) is 23.6 Å². The molecule has 0 radical (unpaired) electrons. The van der Waals surface area contributed by atoms with Crippen LogP contribution in [0.3, 0.4) is 0 Å². The Hall–Kier alpha value is -2.48. The summed E-state index contributed by atoms with van der Waals surface area (Å²) in [5.74, 6) is 4.44. The van der Waals surface area contributed by atoms with Crippen LogP contribution in [0.2, 0.25) is 0 Å². The topological polar surface area (TPSA) is 76.4 Å². The van der Waals surface area contributed by atoms with Crippen LogP contribution in [0, 0.1) is 6.92 Å². The Morgan fingerprint density at radius 1 is 1.32 bits per heavy atom. The van der Waals surface area contributed by atoms with Crippen LogP contribution in [0.15, 0.2) is 41.9 Å². The summed E-state index contributed by atoms with van der Waals surface area (Å²) < 4.78 is 7.70. The molecule has 0 unspecified atom stereocenters. The zero-order valence-electron chi connectivity index (χ0n) is 16.9. The highest BCUT2D eigenvalue weighted by Gasteiger charge is 2.07. The van der Waals surface area contributed by atoms with E-state index in [0.717, 1.165) is 47.6 Å². The molecule has 7 nitrogen and oxygen atoms in total. The molecule has 0 saturated heterocycles. The number of aliphatic imine (C=N–C) groups is 1. The lowest BCUT2D eigenvalue weighted by atomic mass is 10.2. The first-order valence-corrected chi connectivity index (χ1v) is 10.7. The van der Waals surface area contributed by atoms with E-state index in [4.69, 9.17) is 9.73 Å². The number of benzene rings is 1. The predicted molar refractivity (Wildman–Crippen MR) is 117 cm³/mol. The number of aromatic nitrogens is 3. The van der Waals surface area contributed by atoms with E-state index in [-0.39, 0.29) is 0 Å². The summed E-state index contributed by atoms with van der Waals surface area (Å²) in [5.41, 5.74) is 1.03. The fourth-order valence-corrected chi connectivity index (χ4v) is 2.89. The fraction of sp³-hybridized carbons (Fsp3) is 0.450. The molecule has 2 rings (SSSR count). The molecule has 0 fully saturated rings. The van der Waals surface area contributed by atoms with E-state index in [1.165, 1.54) is 0 Å². The Morgan fingerprint density at radius 3 is 2.86 bits per heavy atom. The lowest BCUT2D eigenvalue weighted by Gasteiger charge is -2.13. The molecule has 2 aromatic rings. The van der Waals surface area contributed by atoms with Crippen molar-refractivity contribution in [1.29, 1.82) is 0 Å². The van der Waals surface area contributed by atoms with E-state index in [1.54, 1.807) is 6.08 Å². The lowest BCUT2D eigenvalue weighted by Crippen LogP contribution is -2.38. The zero-order chi connectivity index (χ0) is 20.2. The largest absolute Gasteiger partial charge is 0.489 e. The highest BCUT2D eigenvalue weighted by molar-refractivity contribution is 7.98. The fourth-order valence-electron chi connectivity index (χ4n) is 2.45. The van der Waals surface area contributed by atoms with Crippen molar-refractivity contribution < 1.29 is 4.74 Å². The first-order chi connectivity index (χ1) is 13.7. The summed E-state index contributed by atoms with van der Waals surface area (Å²) in [6.07, 6.45) is 4.93. The second-order valence-electron chi connectivity index (χ2n) is 6.22. The van der Waals surface area contributed by atoms with E-state index in [0.29, 0.717) is 19.7 Å². The minimum absolute atomic E-state index is 0.476. The second-order valence-corrected chi connectivity index (χ2v) is 7.21. The number of rotatable bonds is 11. The normalized spacial score (nSPS) is 11.3. The van der Waals surface area contributed by atoms with Crippen molar-refractivity contribution in [3.05, 3.63) is 54.1 Å². The molecule has 2 N–H and O–H groups in total. The van der Waals surface area contributed by atoms with E-state index in [2.05, 4.69) is 33.7 Å². The van der Waals surface area contributed by atoms with Gasteiger partial charge in [-0.05, 0) is 31.4 Å². The molecular formula is C20H30N6OS. The second kappa shape index (κ2) is 12.1. The number of aryl methyl sites for hydroxylation is 1. The number of hydrogen-bond acceptors (Lipinski definition) is 5. The summed E-state index contributed by atoms with van der Waals surface area (Å²) in [4.78, 5) is 4.74. The summed E-state index contributed by atoms with van der Waals surface area (Å²) in [6, 6.07) is 7.93. The smallest absolute Gasteiger partial charge is 0.191 e. The van der Waals surface area contributed by atoms with Crippen LogP contribution in [0.4, 0.5) is 0 Å². The summed E-state index contributed by atoms with van der Waals surface area (Å²) in [6.45, 7) is 8.05. The van der Waals surface area contributed by atoms with Crippen LogP contribution < -0.4 is 15.4 Å². The van der Waals surface area contributed by atoms with Crippen LogP contribution in [0.25, 0.3) is 0 Å². The molecule has 1 aromatic heterocycles. The minimum Gasteiger partial charge on any atom is -0.489 e. The van der Waals surface area contributed by atoms with Gasteiger partial charge in [0.15, 0.2) is 11.8 Å². The molecule has 0 saturated carbocycles. The number of para-hydroxylation sites is 1. The lowest BCUT2D eigenvalue weighted by molar-refractivity contribution is 0.359. The highest BCUT2D eigenvalue weighted by atomic mass is 32.2. The monoisotopic (exact) mass is 402 g/mol. The quantitative estimate of drug-likeness (QED) is 0.260. The average molecular weight is 403 g/mol. The van der Waals surface area contributed by atoms with Gasteiger partial charge < -0.3 is 19.9 Å². The maximum Gasteiger partial charge on any atom is 0.191 e. The van der Waals surface area contributed by atoms with Crippen molar-refractivity contribution in [2.75, 3.05) is 25.2 Å². The van der Waals surface area contributed by atoms with Gasteiger partial charge in [0, 0.05) is 19.2 Å². The highest BCUT2D eigenvalue weighted by Crippen LogP contribution is 2.18. The summed E-state index contributed by atoms with van der Waals surface area (Å²) >= 11 is 1.84. The Labute approximate surface area is 171 Å². The summed E-state index contributed by atoms with van der Waals surface area (Å²) in [5, 5.41) is 15.0. The molecule has 152 valence electrons. The van der Waals surface area contributed by atoms with Crippen molar-refractivity contribution in [3.8, 4) is 5.75 Å². The van der Waals surface area contributed by atoms with Crippen LogP contribution in [-0.4, -0.2) is 45.9 Å². The van der Waals surface area contributed by atoms with Gasteiger partial charge in [-0.2, -0.15) is 11.8 Å². The standard InChI is InChI=1S/C20H30N6OS/c1-5-12-27-18-10-7-6-9-17(18)14-22-20(21-11-8-13-28-4)23-15-19-25-24-16(2)26(19)3/h5-7,9-10H,1,8,11-15H2,2-4H3,(H2,21,22,23). The van der Waals surface area contributed by atoms with Crippen molar-refractivity contribution in [3.63, 3.8) is 0 Å². The Balaban J connectivity index is 2.05. The van der Waals surface area contributed by atoms with E-state index < -0.39 is 0 Å². The van der Waals surface area contributed by atoms with E-state index in [1.807, 2.05) is 54.6 Å². The van der Waals surface area contributed by atoms with Gasteiger partial charge in [0.1, 0.15) is 18.2 Å². The minimum atomic E-state index is 0.476. The molecule has 0 spiro atoms. The van der Waals surface area contributed by atoms with Crippen molar-refractivity contribution in [1.82, 2.24) is 25.4 Å². The first-order valence-electron chi connectivity index (χ1n) is 9.33. The van der Waals surface area contributed by atoms with Gasteiger partial charge in [-0.1, -0.05) is 30.9 Å². The van der Waals surface area contributed by atoms with Crippen molar-refractivity contribution in [2.24, 2.45) is 12.0 Å². The molecule has 28 heavy (non-hydrogen) atoms. The van der Waals surface area contributed by atoms with Gasteiger partial charge in [-0.15, -0.1) is 10.2 Å². The zero-order valence-corrected chi connectivity index (χ0v) is 17.8. The molecule has 8 heteroatoms. The van der Waals surface area contributed by atoms with Crippen LogP contribution >= 0.6 is 11.8 Å². The maximum atomic E-state index is 5.73. The van der Waals surface area contributed by atoms with Gasteiger partial charge in [-0.3, -0.25) is 0 Å². The predicted octanol–water partition coefficient (Wildman–Crippen LogP) is 2.68. The molecule has 1 heterocycles. The number of thioether (sulfide) groups is 1. The molecular weight excluding hydrogens is 372 g/mol. The third-order valence-electron chi connectivity index (χ3n) is 4.15. The molecule has 0 amide bonds. The Morgan fingerprint density at radius 2 is 2.14 bits per heavy atom. The van der Waals surface area contributed by atoms with Gasteiger partial charge in [-0.25, -0.2) is 4.99 Å². The molecule has 1 aromatic carbocycles. The van der Waals surface area contributed by atoms with Crippen LogP contribution in [0.5, 0.6) is 5.75 Å². The van der Waals surface area contributed by atoms with Gasteiger partial charge in [0.2, 0.25) is 0 Å². The molecule has 0 aliphatic rings. The summed E-state index contributed by atoms with van der Waals surface area (Å²) in [7, 11) is 1.96. The number of nitrogens with zero attached hydrogens (tertiary/aromatic N) is 4. The molecule has 0 aliphatic heterocycles. The van der Waals surface area contributed by atoms with E-state index >= 15 is 0 Å². The number of ether oxygens (including phenoxy) is 1. The SMILES string of the molecule is C=CCOc1ccccc1CN=C(NCCCSC)NCc1nnc(C)n1C. The van der Waals surface area contributed by atoms with Crippen LogP contribution in [-0.2, 0) is 20.1 Å². The Bertz CT molecular complexity index is 774. The van der Waals surface area contributed by atoms with Gasteiger partial charge >= 0.3 is 0 Å². The number of hydrogen-bond donors (Lipinski definition) is 2. The molecule has 0 atom stereocenters. The van der Waals surface area contributed by atoms with Crippen molar-refractivity contribution >= 4 is 17.7 Å². The molecule has 0 bridgehead atoms. The average Bonchev–Trinajstić information content (AvgIpc) is 3.03. The first kappa shape index (κ1) is 21.8.